The second-order valence-corrected chi connectivity index (χ2v) is 9.30. The van der Waals surface area contributed by atoms with Crippen LogP contribution in [-0.2, 0) is 0 Å². The minimum atomic E-state index is -1.43. The molecule has 5 aromatic rings. The first kappa shape index (κ1) is 23.9. The van der Waals surface area contributed by atoms with E-state index in [1.165, 1.54) is 42.6 Å². The molecule has 0 radical (unpaired) electrons. The van der Waals surface area contributed by atoms with Gasteiger partial charge in [-0.2, -0.15) is 10.4 Å². The fourth-order valence-electron chi connectivity index (χ4n) is 4.37. The third kappa shape index (κ3) is 4.46. The number of H-pyrrole nitrogens is 1. The van der Waals surface area contributed by atoms with Crippen LogP contribution < -0.4 is 10.9 Å². The van der Waals surface area contributed by atoms with Crippen molar-refractivity contribution in [3.63, 3.8) is 0 Å². The Labute approximate surface area is 210 Å². The second-order valence-electron chi connectivity index (χ2n) is 9.30. The summed E-state index contributed by atoms with van der Waals surface area (Å²) >= 11 is 0. The van der Waals surface area contributed by atoms with E-state index >= 15 is 0 Å². The summed E-state index contributed by atoms with van der Waals surface area (Å²) in [5.41, 5.74) is -0.886. The predicted molar refractivity (Wildman–Crippen MR) is 136 cm³/mol. The quantitative estimate of drug-likeness (QED) is 0.339. The molecule has 3 aromatic carbocycles. The van der Waals surface area contributed by atoms with Crippen molar-refractivity contribution >= 4 is 22.2 Å². The van der Waals surface area contributed by atoms with Gasteiger partial charge in [0.25, 0.3) is 11.5 Å². The summed E-state index contributed by atoms with van der Waals surface area (Å²) in [7, 11) is 0. The fourth-order valence-corrected chi connectivity index (χ4v) is 4.37. The molecule has 1 amide bonds. The molecule has 9 heteroatoms. The smallest absolute Gasteiger partial charge is 0.275 e. The largest absolute Gasteiger partial charge is 0.388 e. The average molecular weight is 496 g/mol. The van der Waals surface area contributed by atoms with Gasteiger partial charge in [-0.3, -0.25) is 9.59 Å². The SMILES string of the molecule is CC(C)(O)[C@@H](NC(=O)c1nn2cc(-c3ccc4ccccc4c3)[nH]c(=O)c2c1C#N)c1ccc(F)cc1. The molecule has 0 fully saturated rings. The number of nitrogens with one attached hydrogen (secondary N) is 2. The first-order valence-corrected chi connectivity index (χ1v) is 11.5. The average Bonchev–Trinajstić information content (AvgIpc) is 3.26. The normalized spacial score (nSPS) is 12.4. The molecular formula is C28H22FN5O3. The minimum Gasteiger partial charge on any atom is -0.388 e. The number of benzene rings is 3. The Bertz CT molecular complexity index is 1760. The van der Waals surface area contributed by atoms with Gasteiger partial charge in [-0.05, 0) is 48.4 Å². The lowest BCUT2D eigenvalue weighted by Gasteiger charge is -2.30. The van der Waals surface area contributed by atoms with E-state index < -0.39 is 28.9 Å². The highest BCUT2D eigenvalue weighted by Crippen LogP contribution is 2.27. The maximum absolute atomic E-state index is 13.4. The van der Waals surface area contributed by atoms with Gasteiger partial charge < -0.3 is 15.4 Å². The van der Waals surface area contributed by atoms with Gasteiger partial charge in [0.1, 0.15) is 23.0 Å². The molecular weight excluding hydrogens is 473 g/mol. The number of hydrogen-bond acceptors (Lipinski definition) is 5. The number of amides is 1. The van der Waals surface area contributed by atoms with Crippen LogP contribution in [0, 0.1) is 17.1 Å². The van der Waals surface area contributed by atoms with E-state index in [1.54, 1.807) is 6.20 Å². The first-order valence-electron chi connectivity index (χ1n) is 11.5. The summed E-state index contributed by atoms with van der Waals surface area (Å²) in [4.78, 5) is 29.1. The lowest BCUT2D eigenvalue weighted by molar-refractivity contribution is 0.0342. The summed E-state index contributed by atoms with van der Waals surface area (Å²) in [5, 5.41) is 29.5. The highest BCUT2D eigenvalue weighted by molar-refractivity contribution is 5.97. The molecule has 184 valence electrons. The van der Waals surface area contributed by atoms with Crippen molar-refractivity contribution in [1.29, 1.82) is 5.26 Å². The van der Waals surface area contributed by atoms with Crippen LogP contribution in [0.2, 0.25) is 0 Å². The van der Waals surface area contributed by atoms with Gasteiger partial charge in [-0.15, -0.1) is 0 Å². The molecule has 37 heavy (non-hydrogen) atoms. The van der Waals surface area contributed by atoms with Gasteiger partial charge in [0.2, 0.25) is 0 Å². The fraction of sp³-hybridized carbons (Fsp3) is 0.143. The van der Waals surface area contributed by atoms with Crippen LogP contribution in [-0.4, -0.2) is 31.2 Å². The Morgan fingerprint density at radius 2 is 1.84 bits per heavy atom. The Balaban J connectivity index is 1.56. The zero-order chi connectivity index (χ0) is 26.3. The number of aliphatic hydroxyl groups is 1. The lowest BCUT2D eigenvalue weighted by Crippen LogP contribution is -2.42. The number of carbonyl (C=O) groups is 1. The topological polar surface area (TPSA) is 123 Å². The van der Waals surface area contributed by atoms with Crippen LogP contribution in [0.1, 0.15) is 41.5 Å². The van der Waals surface area contributed by atoms with E-state index in [-0.39, 0.29) is 16.8 Å². The van der Waals surface area contributed by atoms with Gasteiger partial charge in [0, 0.05) is 5.56 Å². The van der Waals surface area contributed by atoms with Gasteiger partial charge in [0.05, 0.1) is 23.5 Å². The molecule has 0 unspecified atom stereocenters. The third-order valence-corrected chi connectivity index (χ3v) is 6.20. The molecule has 0 bridgehead atoms. The van der Waals surface area contributed by atoms with Crippen molar-refractivity contribution in [3.05, 3.63) is 106 Å². The number of rotatable bonds is 5. The zero-order valence-corrected chi connectivity index (χ0v) is 20.0. The predicted octanol–water partition coefficient (Wildman–Crippen LogP) is 4.10. The van der Waals surface area contributed by atoms with Crippen LogP contribution in [0.3, 0.4) is 0 Å². The van der Waals surface area contributed by atoms with Crippen molar-refractivity contribution in [2.45, 2.75) is 25.5 Å². The van der Waals surface area contributed by atoms with E-state index in [1.807, 2.05) is 48.5 Å². The summed E-state index contributed by atoms with van der Waals surface area (Å²) in [5.74, 6) is -1.22. The van der Waals surface area contributed by atoms with Crippen LogP contribution in [0.4, 0.5) is 4.39 Å². The Morgan fingerprint density at radius 3 is 2.51 bits per heavy atom. The molecule has 0 aliphatic rings. The number of nitrogens with zero attached hydrogens (tertiary/aromatic N) is 3. The number of hydrogen-bond donors (Lipinski definition) is 3. The Morgan fingerprint density at radius 1 is 1.14 bits per heavy atom. The van der Waals surface area contributed by atoms with Crippen molar-refractivity contribution in [2.75, 3.05) is 0 Å². The molecule has 3 N–H and O–H groups in total. The molecule has 2 heterocycles. The minimum absolute atomic E-state index is 0.0706. The van der Waals surface area contributed by atoms with E-state index in [0.717, 1.165) is 16.3 Å². The van der Waals surface area contributed by atoms with Gasteiger partial charge in [-0.25, -0.2) is 8.91 Å². The number of nitriles is 1. The number of aromatic nitrogens is 3. The second kappa shape index (κ2) is 9.00. The maximum atomic E-state index is 13.4. The van der Waals surface area contributed by atoms with E-state index in [0.29, 0.717) is 11.3 Å². The van der Waals surface area contributed by atoms with Gasteiger partial charge >= 0.3 is 0 Å². The monoisotopic (exact) mass is 495 g/mol. The standard InChI is InChI=1S/C28H22FN5O3/c1-28(2,37)25(17-9-11-20(29)12-10-17)32-26(35)23-21(14-30)24-27(36)31-22(15-34(24)33-23)19-8-7-16-5-3-4-6-18(16)13-19/h3-13,15,25,37H,1-2H3,(H,31,36)(H,32,35)/t25-/m0/s1. The molecule has 0 spiro atoms. The van der Waals surface area contributed by atoms with Crippen LogP contribution in [0.5, 0.6) is 0 Å². The number of halogens is 1. The summed E-state index contributed by atoms with van der Waals surface area (Å²) in [6, 6.07) is 19.8. The van der Waals surface area contributed by atoms with Gasteiger partial charge in [0.15, 0.2) is 5.69 Å². The van der Waals surface area contributed by atoms with E-state index in [2.05, 4.69) is 15.4 Å². The maximum Gasteiger partial charge on any atom is 0.275 e. The van der Waals surface area contributed by atoms with Gasteiger partial charge in [-0.1, -0.05) is 48.5 Å². The highest BCUT2D eigenvalue weighted by atomic mass is 19.1. The molecule has 0 saturated carbocycles. The zero-order valence-electron chi connectivity index (χ0n) is 20.0. The number of carbonyl (C=O) groups excluding carboxylic acids is 1. The molecule has 0 aliphatic carbocycles. The van der Waals surface area contributed by atoms with Crippen LogP contribution in [0.25, 0.3) is 27.5 Å². The Hall–Kier alpha value is -4.81. The van der Waals surface area contributed by atoms with E-state index in [9.17, 15) is 24.3 Å². The number of fused-ring (bicyclic) bond motifs is 2. The van der Waals surface area contributed by atoms with Crippen molar-refractivity contribution in [1.82, 2.24) is 19.9 Å². The molecule has 5 rings (SSSR count). The molecule has 1 atom stereocenters. The summed E-state index contributed by atoms with van der Waals surface area (Å²) < 4.78 is 14.6. The van der Waals surface area contributed by atoms with Crippen molar-refractivity contribution in [2.24, 2.45) is 0 Å². The first-order chi connectivity index (χ1) is 17.7. The molecule has 0 aliphatic heterocycles. The lowest BCUT2D eigenvalue weighted by atomic mass is 9.91. The van der Waals surface area contributed by atoms with Crippen molar-refractivity contribution in [3.8, 4) is 17.3 Å². The third-order valence-electron chi connectivity index (χ3n) is 6.20. The van der Waals surface area contributed by atoms with Crippen LogP contribution >= 0.6 is 0 Å². The van der Waals surface area contributed by atoms with E-state index in [4.69, 9.17) is 0 Å². The van der Waals surface area contributed by atoms with Crippen LogP contribution in [0.15, 0.2) is 77.7 Å². The molecule has 8 nitrogen and oxygen atoms in total. The summed E-state index contributed by atoms with van der Waals surface area (Å²) in [6.45, 7) is 2.99. The Kier molecular flexibility index (Phi) is 5.82. The highest BCUT2D eigenvalue weighted by Gasteiger charge is 2.32. The molecule has 0 saturated heterocycles. The van der Waals surface area contributed by atoms with Crippen molar-refractivity contribution < 1.29 is 14.3 Å². The summed E-state index contributed by atoms with van der Waals surface area (Å²) in [6.07, 6.45) is 1.55. The number of aromatic amines is 1. The molecule has 2 aromatic heterocycles.